The zero-order valence-corrected chi connectivity index (χ0v) is 40.6. The third-order valence-electron chi connectivity index (χ3n) is 11.7. The molecule has 0 atom stereocenters. The van der Waals surface area contributed by atoms with Gasteiger partial charge in [-0.15, -0.1) is 90.0 Å². The van der Waals surface area contributed by atoms with Crippen molar-refractivity contribution in [1.29, 1.82) is 0 Å². The SMILES string of the molecule is [2H]C([2H])(c1ccc(-c2[c-]ccc3c2oc2c(-c4ccccc4)c(F)ccc23)nc1)C([2H])([2H])c1cc(C([2H])([2H])C([2H])([2H])c2cnc(-c3[c-]cccc3)cc2C(C)C)cc(C([2H])([2H])C([2H])([2H])c2cnc(-c3[c-]cccc3)cc2C(C)C)c1.[Ir+3]. The number of aromatic nitrogens is 3. The minimum absolute atomic E-state index is 0. The van der Waals surface area contributed by atoms with E-state index in [9.17, 15) is 16.4 Å². The maximum absolute atomic E-state index is 15.5. The Balaban J connectivity index is 0.00000792. The van der Waals surface area contributed by atoms with Gasteiger partial charge in [0.15, 0.2) is 0 Å². The average molecular weight is 1090 g/mol. The van der Waals surface area contributed by atoms with Crippen LogP contribution in [0.3, 0.4) is 0 Å². The quantitative estimate of drug-likeness (QED) is 0.0960. The first-order valence-electron chi connectivity index (χ1n) is 28.5. The van der Waals surface area contributed by atoms with E-state index in [0.717, 1.165) is 24.4 Å². The average Bonchev–Trinajstić information content (AvgIpc) is 3.98. The van der Waals surface area contributed by atoms with Crippen molar-refractivity contribution in [1.82, 2.24) is 15.0 Å². The second-order valence-corrected chi connectivity index (χ2v) is 17.0. The van der Waals surface area contributed by atoms with Gasteiger partial charge in [-0.2, -0.15) is 0 Å². The number of pyridine rings is 3. The molecular formula is C63H53FIrN3O. The van der Waals surface area contributed by atoms with Gasteiger partial charge in [0.25, 0.3) is 0 Å². The number of furan rings is 1. The molecule has 0 radical (unpaired) electrons. The smallest absolute Gasteiger partial charge is 0.500 e. The summed E-state index contributed by atoms with van der Waals surface area (Å²) in [5, 5.41) is 1.29. The van der Waals surface area contributed by atoms with Crippen LogP contribution in [0.15, 0.2) is 169 Å². The number of hydrogen-bond donors (Lipinski definition) is 0. The molecule has 0 bridgehead atoms. The van der Waals surface area contributed by atoms with E-state index >= 15 is 4.39 Å². The maximum atomic E-state index is 15.5. The first kappa shape index (κ1) is 34.4. The molecule has 6 aromatic carbocycles. The monoisotopic (exact) mass is 1090 g/mol. The Morgan fingerprint density at radius 1 is 0.507 bits per heavy atom. The number of fused-ring (bicyclic) bond motifs is 3. The van der Waals surface area contributed by atoms with Crippen LogP contribution in [0.1, 0.15) is 100 Å². The van der Waals surface area contributed by atoms with Gasteiger partial charge in [-0.1, -0.05) is 111 Å². The molecule has 0 fully saturated rings. The molecule has 4 nitrogen and oxygen atoms in total. The van der Waals surface area contributed by atoms with E-state index in [4.69, 9.17) is 4.42 Å². The fourth-order valence-electron chi connectivity index (χ4n) is 8.23. The molecule has 0 N–H and O–H groups in total. The molecule has 6 heteroatoms. The summed E-state index contributed by atoms with van der Waals surface area (Å²) in [6.45, 7) is 7.29. The topological polar surface area (TPSA) is 51.8 Å². The summed E-state index contributed by atoms with van der Waals surface area (Å²) in [6.07, 6.45) is -14.8. The second-order valence-electron chi connectivity index (χ2n) is 17.0. The first-order chi connectivity index (χ1) is 37.8. The van der Waals surface area contributed by atoms with Gasteiger partial charge >= 0.3 is 20.1 Å². The van der Waals surface area contributed by atoms with Crippen LogP contribution in [0.2, 0.25) is 0 Å². The van der Waals surface area contributed by atoms with Gasteiger partial charge in [0.2, 0.25) is 0 Å². The van der Waals surface area contributed by atoms with E-state index in [0.29, 0.717) is 66.7 Å². The van der Waals surface area contributed by atoms with E-state index in [1.807, 2.05) is 33.8 Å². The van der Waals surface area contributed by atoms with Crippen molar-refractivity contribution in [2.75, 3.05) is 0 Å². The van der Waals surface area contributed by atoms with Crippen LogP contribution in [-0.4, -0.2) is 15.0 Å². The molecular weight excluding hydrogens is 1030 g/mol. The van der Waals surface area contributed by atoms with Crippen LogP contribution in [0, 0.1) is 24.0 Å². The predicted molar refractivity (Wildman–Crippen MR) is 275 cm³/mol. The molecule has 0 unspecified atom stereocenters. The number of benzene rings is 6. The molecule has 4 heterocycles. The Bertz CT molecular complexity index is 3800. The summed E-state index contributed by atoms with van der Waals surface area (Å²) in [6, 6.07) is 48.1. The molecule has 0 aliphatic carbocycles. The van der Waals surface area contributed by atoms with Crippen LogP contribution >= 0.6 is 0 Å². The largest absolute Gasteiger partial charge is 3.00 e. The molecule has 0 amide bonds. The van der Waals surface area contributed by atoms with E-state index in [2.05, 4.69) is 33.2 Å². The molecule has 0 spiro atoms. The molecule has 10 rings (SSSR count). The molecule has 0 saturated carbocycles. The second kappa shape index (κ2) is 21.2. The van der Waals surface area contributed by atoms with Crippen molar-refractivity contribution in [3.05, 3.63) is 233 Å². The third-order valence-corrected chi connectivity index (χ3v) is 11.7. The Labute approximate surface area is 436 Å². The summed E-state index contributed by atoms with van der Waals surface area (Å²) >= 11 is 0. The third kappa shape index (κ3) is 10.4. The number of rotatable bonds is 15. The van der Waals surface area contributed by atoms with Gasteiger partial charge in [0.1, 0.15) is 11.4 Å². The Morgan fingerprint density at radius 3 is 1.58 bits per heavy atom. The fraction of sp³-hybridized carbons (Fsp3) is 0.190. The molecule has 342 valence electrons. The standard InChI is InChI=1S/C63H53FN3O.Ir/c1-41(2)55-36-59(47-15-8-5-9-16-47)66-39-50(55)28-25-45-33-44(34-46(35-45)26-29-51-40-67-60(37-56(51)42(3)4)48-17-10-6-11-18-48)24-23-43-27-32-58(65-38-43)54-22-14-21-52-53-30-31-57(64)61(63(53)68-62(52)54)49-19-12-7-13-20-49;/h5-15,17,19-21,27,30-42H,23-26,28-29H2,1-4H3;/q-3;+3/i23D2,24D2,25D2,26D2,28D2,29D2;. The van der Waals surface area contributed by atoms with E-state index < -0.39 is 60.7 Å². The van der Waals surface area contributed by atoms with Crippen molar-refractivity contribution < 1.29 is 45.4 Å². The first-order valence-corrected chi connectivity index (χ1v) is 22.5. The van der Waals surface area contributed by atoms with Crippen LogP contribution in [0.4, 0.5) is 4.39 Å². The van der Waals surface area contributed by atoms with Gasteiger partial charge in [-0.05, 0) is 129 Å². The minimum Gasteiger partial charge on any atom is -0.500 e. The minimum atomic E-state index is -3.17. The zero-order chi connectivity index (χ0) is 57.3. The summed E-state index contributed by atoms with van der Waals surface area (Å²) in [4.78, 5) is 13.6. The van der Waals surface area contributed by atoms with Gasteiger partial charge in [0, 0.05) is 40.4 Å². The summed E-state index contributed by atoms with van der Waals surface area (Å²) in [5.74, 6) is -1.20. The molecule has 69 heavy (non-hydrogen) atoms. The predicted octanol–water partition coefficient (Wildman–Crippen LogP) is 15.6. The molecule has 0 saturated heterocycles. The van der Waals surface area contributed by atoms with E-state index in [1.54, 1.807) is 103 Å². The molecule has 0 aliphatic heterocycles. The van der Waals surface area contributed by atoms with Crippen molar-refractivity contribution in [3.63, 3.8) is 0 Å². The summed E-state index contributed by atoms with van der Waals surface area (Å²) < 4.78 is 138. The fourth-order valence-corrected chi connectivity index (χ4v) is 8.23. The van der Waals surface area contributed by atoms with Gasteiger partial charge < -0.3 is 19.4 Å². The van der Waals surface area contributed by atoms with E-state index in [-0.39, 0.29) is 59.9 Å². The number of nitrogens with zero attached hydrogens (tertiary/aromatic N) is 3. The van der Waals surface area contributed by atoms with Crippen LogP contribution in [-0.2, 0) is 58.3 Å². The Morgan fingerprint density at radius 2 is 1.04 bits per heavy atom. The van der Waals surface area contributed by atoms with Crippen molar-refractivity contribution in [3.8, 4) is 44.9 Å². The zero-order valence-electron chi connectivity index (χ0n) is 50.2. The van der Waals surface area contributed by atoms with Crippen molar-refractivity contribution in [2.24, 2.45) is 0 Å². The molecule has 0 aliphatic rings. The van der Waals surface area contributed by atoms with Crippen LogP contribution < -0.4 is 0 Å². The number of aryl methyl sites for hydroxylation is 6. The maximum Gasteiger partial charge on any atom is 3.00 e. The molecule has 10 aromatic rings. The Hall–Kier alpha value is -6.85. The normalized spacial score (nSPS) is 15.3. The Kier molecular flexibility index (Phi) is 10.6. The summed E-state index contributed by atoms with van der Waals surface area (Å²) in [5.41, 5.74) is 2.87. The molecule has 4 aromatic heterocycles. The van der Waals surface area contributed by atoms with Crippen molar-refractivity contribution >= 4 is 21.9 Å². The van der Waals surface area contributed by atoms with Crippen LogP contribution in [0.25, 0.3) is 66.8 Å². The number of halogens is 1. The number of hydrogen-bond acceptors (Lipinski definition) is 4. The van der Waals surface area contributed by atoms with Gasteiger partial charge in [-0.25, -0.2) is 4.39 Å². The van der Waals surface area contributed by atoms with Crippen LogP contribution in [0.5, 0.6) is 0 Å². The van der Waals surface area contributed by atoms with Gasteiger partial charge in [-0.3, -0.25) is 0 Å². The van der Waals surface area contributed by atoms with E-state index in [1.165, 1.54) is 30.6 Å². The summed E-state index contributed by atoms with van der Waals surface area (Å²) in [7, 11) is 0. The van der Waals surface area contributed by atoms with Gasteiger partial charge in [0.05, 0.1) is 11.1 Å². The van der Waals surface area contributed by atoms with Crippen molar-refractivity contribution in [2.45, 2.75) is 77.8 Å².